The van der Waals surface area contributed by atoms with Crippen LogP contribution in [0.1, 0.15) is 39.0 Å². The van der Waals surface area contributed by atoms with Crippen molar-refractivity contribution < 1.29 is 4.74 Å². The second kappa shape index (κ2) is 7.84. The van der Waals surface area contributed by atoms with Gasteiger partial charge in [0.05, 0.1) is 6.61 Å². The maximum atomic E-state index is 5.64. The maximum absolute atomic E-state index is 5.64. The summed E-state index contributed by atoms with van der Waals surface area (Å²) in [5, 5.41) is 3.65. The van der Waals surface area contributed by atoms with E-state index in [9.17, 15) is 0 Å². The molecule has 0 aromatic rings. The number of guanidine groups is 1. The van der Waals surface area contributed by atoms with Crippen molar-refractivity contribution in [1.82, 2.24) is 15.1 Å². The molecule has 3 aliphatic heterocycles. The Bertz CT molecular complexity index is 398. The molecule has 3 heterocycles. The van der Waals surface area contributed by atoms with E-state index >= 15 is 0 Å². The van der Waals surface area contributed by atoms with E-state index in [0.717, 1.165) is 44.7 Å². The van der Waals surface area contributed by atoms with Gasteiger partial charge >= 0.3 is 0 Å². The Morgan fingerprint density at radius 2 is 2.09 bits per heavy atom. The first-order valence-corrected chi connectivity index (χ1v) is 9.50. The Morgan fingerprint density at radius 1 is 1.26 bits per heavy atom. The highest BCUT2D eigenvalue weighted by atomic mass is 16.5. The first-order chi connectivity index (χ1) is 11.2. The minimum atomic E-state index is 0.406. The standard InChI is InChI=1S/C18H34N4O/c1-3-8-21-9-4-16(5-10-21)13-20-17(19-2)22-11-6-18(14-22)7-12-23-15-18/h16H,3-15H2,1-2H3,(H,19,20). The first kappa shape index (κ1) is 17.0. The third-order valence-electron chi connectivity index (χ3n) is 5.93. The molecule has 0 aromatic heterocycles. The number of hydrogen-bond donors (Lipinski definition) is 1. The molecule has 1 spiro atoms. The third-order valence-corrected chi connectivity index (χ3v) is 5.93. The van der Waals surface area contributed by atoms with Gasteiger partial charge in [0.1, 0.15) is 0 Å². The summed E-state index contributed by atoms with van der Waals surface area (Å²) >= 11 is 0. The van der Waals surface area contributed by atoms with Gasteiger partial charge in [-0.2, -0.15) is 0 Å². The van der Waals surface area contributed by atoms with Crippen LogP contribution in [0.3, 0.4) is 0 Å². The number of nitrogens with one attached hydrogen (secondary N) is 1. The lowest BCUT2D eigenvalue weighted by molar-refractivity contribution is 0.156. The average molecular weight is 322 g/mol. The molecule has 0 radical (unpaired) electrons. The zero-order valence-electron chi connectivity index (χ0n) is 15.0. The predicted molar refractivity (Wildman–Crippen MR) is 94.9 cm³/mol. The van der Waals surface area contributed by atoms with E-state index in [-0.39, 0.29) is 0 Å². The van der Waals surface area contributed by atoms with Crippen molar-refractivity contribution in [2.75, 3.05) is 59.5 Å². The predicted octanol–water partition coefficient (Wildman–Crippen LogP) is 1.80. The number of likely N-dealkylation sites (tertiary alicyclic amines) is 2. The topological polar surface area (TPSA) is 40.1 Å². The molecule has 3 aliphatic rings. The minimum Gasteiger partial charge on any atom is -0.381 e. The molecule has 1 atom stereocenters. The van der Waals surface area contributed by atoms with E-state index in [1.54, 1.807) is 0 Å². The zero-order chi connectivity index (χ0) is 16.1. The van der Waals surface area contributed by atoms with E-state index in [2.05, 4.69) is 27.0 Å². The van der Waals surface area contributed by atoms with Crippen LogP contribution in [-0.2, 0) is 4.74 Å². The van der Waals surface area contributed by atoms with Crippen LogP contribution >= 0.6 is 0 Å². The summed E-state index contributed by atoms with van der Waals surface area (Å²) in [6, 6.07) is 0. The van der Waals surface area contributed by atoms with Gasteiger partial charge in [0.25, 0.3) is 0 Å². The van der Waals surface area contributed by atoms with Crippen molar-refractivity contribution in [3.05, 3.63) is 0 Å². The van der Waals surface area contributed by atoms with E-state index in [0.29, 0.717) is 5.41 Å². The monoisotopic (exact) mass is 322 g/mol. The number of nitrogens with zero attached hydrogens (tertiary/aromatic N) is 3. The molecule has 3 saturated heterocycles. The third kappa shape index (κ3) is 4.18. The molecule has 5 heteroatoms. The summed E-state index contributed by atoms with van der Waals surface area (Å²) in [5.41, 5.74) is 0.406. The van der Waals surface area contributed by atoms with Gasteiger partial charge < -0.3 is 19.9 Å². The van der Waals surface area contributed by atoms with Gasteiger partial charge in [-0.15, -0.1) is 0 Å². The van der Waals surface area contributed by atoms with Gasteiger partial charge in [0, 0.05) is 38.7 Å². The van der Waals surface area contributed by atoms with Crippen molar-refractivity contribution in [3.8, 4) is 0 Å². The summed E-state index contributed by atoms with van der Waals surface area (Å²) in [6.07, 6.45) is 6.39. The smallest absolute Gasteiger partial charge is 0.193 e. The number of ether oxygens (including phenoxy) is 1. The summed E-state index contributed by atoms with van der Waals surface area (Å²) in [6.45, 7) is 11.3. The molecular formula is C18H34N4O. The van der Waals surface area contributed by atoms with Crippen LogP contribution in [0.15, 0.2) is 4.99 Å². The lowest BCUT2D eigenvalue weighted by Gasteiger charge is -2.32. The maximum Gasteiger partial charge on any atom is 0.193 e. The Morgan fingerprint density at radius 3 is 2.74 bits per heavy atom. The molecule has 3 fully saturated rings. The normalized spacial score (nSPS) is 30.5. The van der Waals surface area contributed by atoms with Crippen LogP contribution in [0.25, 0.3) is 0 Å². The van der Waals surface area contributed by atoms with Crippen molar-refractivity contribution in [2.24, 2.45) is 16.3 Å². The lowest BCUT2D eigenvalue weighted by atomic mass is 9.87. The lowest BCUT2D eigenvalue weighted by Crippen LogP contribution is -2.45. The highest BCUT2D eigenvalue weighted by Gasteiger charge is 2.42. The molecule has 0 amide bonds. The number of rotatable bonds is 4. The summed E-state index contributed by atoms with van der Waals surface area (Å²) in [7, 11) is 1.92. The van der Waals surface area contributed by atoms with Gasteiger partial charge in [0.15, 0.2) is 5.96 Å². The van der Waals surface area contributed by atoms with Crippen LogP contribution in [0.4, 0.5) is 0 Å². The van der Waals surface area contributed by atoms with Crippen LogP contribution in [0.2, 0.25) is 0 Å². The minimum absolute atomic E-state index is 0.406. The Hall–Kier alpha value is -0.810. The van der Waals surface area contributed by atoms with Crippen molar-refractivity contribution >= 4 is 5.96 Å². The molecule has 1 N–H and O–H groups in total. The fourth-order valence-electron chi connectivity index (χ4n) is 4.39. The largest absolute Gasteiger partial charge is 0.381 e. The van der Waals surface area contributed by atoms with Gasteiger partial charge in [-0.25, -0.2) is 0 Å². The van der Waals surface area contributed by atoms with Gasteiger partial charge in [0.2, 0.25) is 0 Å². The molecule has 0 bridgehead atoms. The van der Waals surface area contributed by atoms with Crippen molar-refractivity contribution in [2.45, 2.75) is 39.0 Å². The van der Waals surface area contributed by atoms with E-state index in [4.69, 9.17) is 4.74 Å². The Balaban J connectivity index is 1.42. The SMILES string of the molecule is CCCN1CCC(CNC(=NC)N2CCC3(CCOC3)C2)CC1. The molecule has 0 saturated carbocycles. The highest BCUT2D eigenvalue weighted by molar-refractivity contribution is 5.80. The Labute approximate surface area is 141 Å². The fraction of sp³-hybridized carbons (Fsp3) is 0.944. The fourth-order valence-corrected chi connectivity index (χ4v) is 4.39. The number of aliphatic imine (C=N–C) groups is 1. The number of piperidine rings is 1. The van der Waals surface area contributed by atoms with Gasteiger partial charge in [-0.05, 0) is 57.7 Å². The zero-order valence-corrected chi connectivity index (χ0v) is 15.0. The molecule has 1 unspecified atom stereocenters. The second-order valence-corrected chi connectivity index (χ2v) is 7.69. The van der Waals surface area contributed by atoms with Gasteiger partial charge in [-0.1, -0.05) is 6.92 Å². The molecule has 5 nitrogen and oxygen atoms in total. The first-order valence-electron chi connectivity index (χ1n) is 9.50. The van der Waals surface area contributed by atoms with Crippen molar-refractivity contribution in [3.63, 3.8) is 0 Å². The average Bonchev–Trinajstić information content (AvgIpc) is 3.20. The molecule has 3 rings (SSSR count). The van der Waals surface area contributed by atoms with E-state index < -0.39 is 0 Å². The number of hydrogen-bond acceptors (Lipinski definition) is 3. The Kier molecular flexibility index (Phi) is 5.81. The van der Waals surface area contributed by atoms with E-state index in [1.165, 1.54) is 51.7 Å². The quantitative estimate of drug-likeness (QED) is 0.633. The molecular weight excluding hydrogens is 288 g/mol. The van der Waals surface area contributed by atoms with Crippen molar-refractivity contribution in [1.29, 1.82) is 0 Å². The summed E-state index contributed by atoms with van der Waals surface area (Å²) < 4.78 is 5.64. The van der Waals surface area contributed by atoms with E-state index in [1.807, 2.05) is 7.05 Å². The van der Waals surface area contributed by atoms with Crippen LogP contribution in [-0.4, -0.2) is 75.3 Å². The van der Waals surface area contributed by atoms with Crippen LogP contribution < -0.4 is 5.32 Å². The van der Waals surface area contributed by atoms with Crippen LogP contribution in [0.5, 0.6) is 0 Å². The molecule has 0 aromatic carbocycles. The highest BCUT2D eigenvalue weighted by Crippen LogP contribution is 2.38. The molecule has 0 aliphatic carbocycles. The summed E-state index contributed by atoms with van der Waals surface area (Å²) in [5.74, 6) is 1.90. The molecule has 23 heavy (non-hydrogen) atoms. The van der Waals surface area contributed by atoms with Gasteiger partial charge in [-0.3, -0.25) is 4.99 Å². The molecule has 132 valence electrons. The summed E-state index contributed by atoms with van der Waals surface area (Å²) in [4.78, 5) is 9.59. The van der Waals surface area contributed by atoms with Crippen LogP contribution in [0, 0.1) is 11.3 Å². The second-order valence-electron chi connectivity index (χ2n) is 7.69.